The molecule has 1 aliphatic heterocycles. The third-order valence-corrected chi connectivity index (χ3v) is 2.02. The summed E-state index contributed by atoms with van der Waals surface area (Å²) in [5.41, 5.74) is 0.687. The number of hydrogen-bond acceptors (Lipinski definition) is 3. The van der Waals surface area contributed by atoms with Gasteiger partial charge in [-0.25, -0.2) is 0 Å². The highest BCUT2D eigenvalue weighted by Crippen LogP contribution is 2.32. The number of rotatable bonds is 2. The topological polar surface area (TPSA) is 35.5 Å². The lowest BCUT2D eigenvalue weighted by Gasteiger charge is -1.99. The second-order valence-corrected chi connectivity index (χ2v) is 2.84. The van der Waals surface area contributed by atoms with E-state index >= 15 is 0 Å². The molecular formula is C9H9BO3. The van der Waals surface area contributed by atoms with Gasteiger partial charge < -0.3 is 9.47 Å². The van der Waals surface area contributed by atoms with Crippen molar-refractivity contribution < 1.29 is 14.3 Å². The van der Waals surface area contributed by atoms with Gasteiger partial charge in [-0.1, -0.05) is 0 Å². The van der Waals surface area contributed by atoms with E-state index in [1.807, 2.05) is 7.85 Å². The van der Waals surface area contributed by atoms with E-state index < -0.39 is 0 Å². The highest BCUT2D eigenvalue weighted by Gasteiger charge is 2.14. The number of hydrogen-bond donors (Lipinski definition) is 0. The largest absolute Gasteiger partial charge is 0.454 e. The Hall–Kier alpha value is -1.45. The van der Waals surface area contributed by atoms with Gasteiger partial charge in [-0.05, 0) is 24.5 Å². The number of benzene rings is 1. The average Bonchev–Trinajstić information content (AvgIpc) is 2.63. The van der Waals surface area contributed by atoms with Crippen molar-refractivity contribution in [3.05, 3.63) is 23.8 Å². The fourth-order valence-electron chi connectivity index (χ4n) is 1.27. The Bertz CT molecular complexity index is 349. The third-order valence-electron chi connectivity index (χ3n) is 2.02. The minimum Gasteiger partial charge on any atom is -0.454 e. The van der Waals surface area contributed by atoms with Crippen LogP contribution in [0.15, 0.2) is 18.2 Å². The van der Waals surface area contributed by atoms with E-state index in [9.17, 15) is 4.79 Å². The monoisotopic (exact) mass is 176 g/mol. The van der Waals surface area contributed by atoms with Crippen LogP contribution in [0.4, 0.5) is 0 Å². The van der Waals surface area contributed by atoms with Crippen molar-refractivity contribution in [2.75, 3.05) is 6.79 Å². The van der Waals surface area contributed by atoms with E-state index in [1.165, 1.54) is 0 Å². The first kappa shape index (κ1) is 8.17. The Labute approximate surface area is 77.1 Å². The van der Waals surface area contributed by atoms with Crippen LogP contribution in [0.1, 0.15) is 10.4 Å². The van der Waals surface area contributed by atoms with E-state index in [4.69, 9.17) is 9.47 Å². The minimum absolute atomic E-state index is 0.123. The van der Waals surface area contributed by atoms with Crippen LogP contribution in [0.25, 0.3) is 0 Å². The SMILES string of the molecule is BCC(=O)c1ccc2c(c1)OCO2. The highest BCUT2D eigenvalue weighted by atomic mass is 16.7. The molecule has 66 valence electrons. The molecule has 0 unspecified atom stereocenters. The van der Waals surface area contributed by atoms with Crippen LogP contribution in [-0.4, -0.2) is 20.4 Å². The Balaban J connectivity index is 2.36. The minimum atomic E-state index is 0.123. The summed E-state index contributed by atoms with van der Waals surface area (Å²) in [6, 6.07) is 5.26. The average molecular weight is 176 g/mol. The van der Waals surface area contributed by atoms with Gasteiger partial charge in [0, 0.05) is 5.56 Å². The summed E-state index contributed by atoms with van der Waals surface area (Å²) in [6.45, 7) is 0.249. The van der Waals surface area contributed by atoms with Crippen LogP contribution < -0.4 is 9.47 Å². The van der Waals surface area contributed by atoms with Gasteiger partial charge in [0.2, 0.25) is 6.79 Å². The van der Waals surface area contributed by atoms with Crippen molar-refractivity contribution in [3.63, 3.8) is 0 Å². The standard InChI is InChI=1S/C9H9BO3/c10-4-7(11)6-1-2-8-9(3-6)13-5-12-8/h1-3H,4-5,10H2. The fourth-order valence-corrected chi connectivity index (χ4v) is 1.27. The molecule has 2 rings (SSSR count). The van der Waals surface area contributed by atoms with E-state index in [0.29, 0.717) is 23.4 Å². The molecule has 0 fully saturated rings. The van der Waals surface area contributed by atoms with Gasteiger partial charge in [-0.3, -0.25) is 4.79 Å². The molecule has 0 N–H and O–H groups in total. The summed E-state index contributed by atoms with van der Waals surface area (Å²) in [5, 5.41) is 0. The molecule has 1 heterocycles. The molecule has 3 nitrogen and oxygen atoms in total. The first-order chi connectivity index (χ1) is 6.31. The van der Waals surface area contributed by atoms with Crippen LogP contribution in [0.2, 0.25) is 6.32 Å². The van der Waals surface area contributed by atoms with Gasteiger partial charge in [-0.15, -0.1) is 0 Å². The maximum Gasteiger partial charge on any atom is 0.231 e. The summed E-state index contributed by atoms with van der Waals surface area (Å²) in [5.74, 6) is 1.50. The van der Waals surface area contributed by atoms with Crippen LogP contribution in [-0.2, 0) is 0 Å². The van der Waals surface area contributed by atoms with Gasteiger partial charge in [0.25, 0.3) is 0 Å². The number of fused-ring (bicyclic) bond motifs is 1. The quantitative estimate of drug-likeness (QED) is 0.490. The molecule has 0 saturated heterocycles. The van der Waals surface area contributed by atoms with E-state index in [-0.39, 0.29) is 12.6 Å². The smallest absolute Gasteiger partial charge is 0.231 e. The van der Waals surface area contributed by atoms with Crippen LogP contribution in [0.5, 0.6) is 11.5 Å². The normalized spacial score (nSPS) is 12.9. The van der Waals surface area contributed by atoms with Gasteiger partial charge in [0.05, 0.1) is 0 Å². The van der Waals surface area contributed by atoms with Crippen molar-refractivity contribution in [1.82, 2.24) is 0 Å². The Morgan fingerprint density at radius 2 is 2.15 bits per heavy atom. The predicted molar refractivity (Wildman–Crippen MR) is 50.2 cm³/mol. The van der Waals surface area contributed by atoms with Crippen LogP contribution >= 0.6 is 0 Å². The molecule has 0 radical (unpaired) electrons. The summed E-state index contributed by atoms with van der Waals surface area (Å²) in [6.07, 6.45) is 0.514. The van der Waals surface area contributed by atoms with E-state index in [2.05, 4.69) is 0 Å². The molecule has 1 aromatic carbocycles. The second kappa shape index (κ2) is 3.13. The number of carbonyl (C=O) groups excluding carboxylic acids is 1. The molecular weight excluding hydrogens is 167 g/mol. The molecule has 0 bridgehead atoms. The summed E-state index contributed by atoms with van der Waals surface area (Å²) < 4.78 is 10.3. The lowest BCUT2D eigenvalue weighted by atomic mass is 9.96. The third kappa shape index (κ3) is 1.39. The summed E-state index contributed by atoms with van der Waals surface area (Å²) in [7, 11) is 1.84. The molecule has 0 spiro atoms. The number of carbonyl (C=O) groups is 1. The van der Waals surface area contributed by atoms with Gasteiger partial charge in [-0.2, -0.15) is 0 Å². The first-order valence-electron chi connectivity index (χ1n) is 4.24. The molecule has 13 heavy (non-hydrogen) atoms. The zero-order valence-corrected chi connectivity index (χ0v) is 7.37. The Morgan fingerprint density at radius 1 is 1.38 bits per heavy atom. The van der Waals surface area contributed by atoms with Crippen molar-refractivity contribution in [2.45, 2.75) is 6.32 Å². The fraction of sp³-hybridized carbons (Fsp3) is 0.222. The first-order valence-corrected chi connectivity index (χ1v) is 4.24. The number of ether oxygens (including phenoxy) is 2. The molecule has 0 aromatic heterocycles. The number of ketones is 1. The van der Waals surface area contributed by atoms with E-state index in [1.54, 1.807) is 18.2 Å². The van der Waals surface area contributed by atoms with Crippen LogP contribution in [0.3, 0.4) is 0 Å². The maximum atomic E-state index is 11.3. The molecule has 0 atom stereocenters. The summed E-state index contributed by atoms with van der Waals surface area (Å²) in [4.78, 5) is 11.3. The maximum absolute atomic E-state index is 11.3. The van der Waals surface area contributed by atoms with Gasteiger partial charge in [0.15, 0.2) is 17.3 Å². The van der Waals surface area contributed by atoms with Gasteiger partial charge >= 0.3 is 0 Å². The van der Waals surface area contributed by atoms with Crippen molar-refractivity contribution in [1.29, 1.82) is 0 Å². The highest BCUT2D eigenvalue weighted by molar-refractivity contribution is 6.24. The number of Topliss-reactive ketones (excluding diaryl/α,β-unsaturated/α-hetero) is 1. The lowest BCUT2D eigenvalue weighted by Crippen LogP contribution is -1.96. The van der Waals surface area contributed by atoms with E-state index in [0.717, 1.165) is 0 Å². The van der Waals surface area contributed by atoms with Gasteiger partial charge in [0.1, 0.15) is 7.85 Å². The molecule has 1 aliphatic rings. The second-order valence-electron chi connectivity index (χ2n) is 2.84. The van der Waals surface area contributed by atoms with Crippen LogP contribution in [0, 0.1) is 0 Å². The molecule has 1 aromatic rings. The molecule has 0 amide bonds. The zero-order chi connectivity index (χ0) is 9.26. The van der Waals surface area contributed by atoms with Crippen molar-refractivity contribution >= 4 is 13.6 Å². The van der Waals surface area contributed by atoms with Crippen molar-refractivity contribution in [3.8, 4) is 11.5 Å². The molecule has 0 aliphatic carbocycles. The lowest BCUT2D eigenvalue weighted by molar-refractivity contribution is 0.101. The Morgan fingerprint density at radius 3 is 2.92 bits per heavy atom. The zero-order valence-electron chi connectivity index (χ0n) is 7.37. The summed E-state index contributed by atoms with van der Waals surface area (Å²) >= 11 is 0. The Kier molecular flexibility index (Phi) is 1.96. The molecule has 4 heteroatoms. The van der Waals surface area contributed by atoms with Crippen molar-refractivity contribution in [2.24, 2.45) is 0 Å². The molecule has 0 saturated carbocycles. The predicted octanol–water partition coefficient (Wildman–Crippen LogP) is 0.649.